The minimum Gasteiger partial charge on any atom is -0.479 e. The summed E-state index contributed by atoms with van der Waals surface area (Å²) >= 11 is 0.825. The van der Waals surface area contributed by atoms with Crippen molar-refractivity contribution in [2.75, 3.05) is 25.1 Å². The fourth-order valence-corrected chi connectivity index (χ4v) is 6.96. The summed E-state index contributed by atoms with van der Waals surface area (Å²) in [5.41, 5.74) is 0.281. The van der Waals surface area contributed by atoms with Gasteiger partial charge in [0.15, 0.2) is 25.3 Å². The van der Waals surface area contributed by atoms with Crippen LogP contribution in [-0.2, 0) is 10.6 Å². The van der Waals surface area contributed by atoms with Gasteiger partial charge >= 0.3 is 12.2 Å². The summed E-state index contributed by atoms with van der Waals surface area (Å²) in [6.45, 7) is 24.0. The SMILES string of the molecule is [CH2]CCOc1cc(=O)c2cc(-c3cnc(NC(=O)NCC)cc3-c3nc(C(F)(F)F)cs3)ccc2n1[C@H](CO[Si](C)(C)C(C)(C)C)C(C)(C)C. The maximum atomic E-state index is 13.8. The average Bonchev–Trinajstić information content (AvgIpc) is 3.51. The molecule has 4 aromatic rings. The molecule has 0 fully saturated rings. The molecule has 0 aliphatic rings. The molecule has 14 heteroatoms. The number of halogens is 3. The van der Waals surface area contributed by atoms with Crippen molar-refractivity contribution < 1.29 is 27.1 Å². The predicted octanol–water partition coefficient (Wildman–Crippen LogP) is 9.56. The van der Waals surface area contributed by atoms with Gasteiger partial charge in [-0.05, 0) is 67.6 Å². The van der Waals surface area contributed by atoms with Crippen LogP contribution in [0.25, 0.3) is 32.6 Å². The molecule has 1 atom stereocenters. The number of benzene rings is 1. The molecular weight excluding hydrogens is 684 g/mol. The number of rotatable bonds is 11. The largest absolute Gasteiger partial charge is 0.479 e. The fraction of sp³-hybridized carbons (Fsp3) is 0.472. The molecule has 0 saturated heterocycles. The number of fused-ring (bicyclic) bond motifs is 1. The van der Waals surface area contributed by atoms with Gasteiger partial charge in [0, 0.05) is 40.7 Å². The van der Waals surface area contributed by atoms with Gasteiger partial charge in [0.1, 0.15) is 10.8 Å². The van der Waals surface area contributed by atoms with Crippen LogP contribution >= 0.6 is 11.3 Å². The topological polar surface area (TPSA) is 107 Å². The third-order valence-corrected chi connectivity index (χ3v) is 14.3. The van der Waals surface area contributed by atoms with Crippen molar-refractivity contribution in [1.29, 1.82) is 0 Å². The molecular formula is C36H47F3N5O4SSi. The van der Waals surface area contributed by atoms with E-state index < -0.39 is 26.2 Å². The molecule has 0 aliphatic heterocycles. The zero-order valence-corrected chi connectivity index (χ0v) is 32.0. The number of urea groups is 1. The standard InChI is InChI=1S/C36H47F3N5O4SSi/c1-11-15-47-31-18-27(45)24-16-22(13-14-26(24)44(31)29(34(3,4)5)20-48-50(9,10)35(6,7)8)25-19-41-30(43-33(46)40-12-2)17-23(25)32-42-28(21-49-32)36(37,38)39/h13-14,16-19,21,29H,1,11-12,15,20H2,2-10H3,(H2,40,41,43,46)/t29-/m1/s1. The minimum atomic E-state index is -4.64. The Balaban J connectivity index is 1.93. The molecule has 9 nitrogen and oxygen atoms in total. The highest BCUT2D eigenvalue weighted by atomic mass is 32.1. The quantitative estimate of drug-likeness (QED) is 0.149. The van der Waals surface area contributed by atoms with Crippen molar-refractivity contribution in [2.45, 2.75) is 85.2 Å². The number of carbonyl (C=O) groups excluding carboxylic acids is 1. The highest BCUT2D eigenvalue weighted by Gasteiger charge is 2.40. The van der Waals surface area contributed by atoms with E-state index in [2.05, 4.69) is 82.2 Å². The first kappa shape index (κ1) is 39.0. The smallest absolute Gasteiger partial charge is 0.434 e. The first-order valence-corrected chi connectivity index (χ1v) is 20.3. The number of thiazole rings is 1. The lowest BCUT2D eigenvalue weighted by Gasteiger charge is -2.41. The van der Waals surface area contributed by atoms with E-state index >= 15 is 0 Å². The summed E-state index contributed by atoms with van der Waals surface area (Å²) < 4.78 is 55.7. The fourth-order valence-electron chi connectivity index (χ4n) is 5.09. The molecule has 0 aliphatic carbocycles. The Hall–Kier alpha value is -3.75. The second-order valence-corrected chi connectivity index (χ2v) is 20.4. The third kappa shape index (κ3) is 8.75. The van der Waals surface area contributed by atoms with E-state index in [0.717, 1.165) is 16.7 Å². The number of amides is 2. The number of ether oxygens (including phenoxy) is 1. The van der Waals surface area contributed by atoms with Crippen molar-refractivity contribution in [3.8, 4) is 27.6 Å². The number of anilines is 1. The Morgan fingerprint density at radius 3 is 2.36 bits per heavy atom. The van der Waals surface area contributed by atoms with E-state index in [9.17, 15) is 22.8 Å². The Labute approximate surface area is 296 Å². The Morgan fingerprint density at radius 1 is 1.08 bits per heavy atom. The molecule has 1 aromatic carbocycles. The summed E-state index contributed by atoms with van der Waals surface area (Å²) in [6.07, 6.45) is -2.68. The van der Waals surface area contributed by atoms with Crippen LogP contribution in [-0.4, -0.2) is 48.6 Å². The molecule has 271 valence electrons. The van der Waals surface area contributed by atoms with E-state index in [1.807, 2.05) is 10.6 Å². The van der Waals surface area contributed by atoms with E-state index in [-0.39, 0.29) is 32.7 Å². The summed E-state index contributed by atoms with van der Waals surface area (Å²) in [7, 11) is -2.16. The van der Waals surface area contributed by atoms with Crippen LogP contribution in [0.5, 0.6) is 5.88 Å². The summed E-state index contributed by atoms with van der Waals surface area (Å²) in [6, 6.07) is 7.54. The van der Waals surface area contributed by atoms with Crippen LogP contribution in [0.4, 0.5) is 23.8 Å². The average molecular weight is 731 g/mol. The van der Waals surface area contributed by atoms with Gasteiger partial charge < -0.3 is 19.0 Å². The molecule has 50 heavy (non-hydrogen) atoms. The number of pyridine rings is 2. The number of hydrogen-bond donors (Lipinski definition) is 2. The molecule has 0 saturated carbocycles. The van der Waals surface area contributed by atoms with Gasteiger partial charge in [-0.3, -0.25) is 10.1 Å². The lowest BCUT2D eigenvalue weighted by molar-refractivity contribution is -0.140. The van der Waals surface area contributed by atoms with Crippen LogP contribution in [0.1, 0.15) is 66.6 Å². The van der Waals surface area contributed by atoms with Crippen molar-refractivity contribution in [2.24, 2.45) is 5.41 Å². The highest BCUT2D eigenvalue weighted by molar-refractivity contribution is 7.13. The van der Waals surface area contributed by atoms with Crippen molar-refractivity contribution in [3.63, 3.8) is 0 Å². The van der Waals surface area contributed by atoms with Gasteiger partial charge in [-0.2, -0.15) is 13.2 Å². The Kier molecular flexibility index (Phi) is 11.6. The number of aromatic nitrogens is 3. The summed E-state index contributed by atoms with van der Waals surface area (Å²) in [5.74, 6) is 0.534. The van der Waals surface area contributed by atoms with Gasteiger partial charge in [-0.1, -0.05) is 47.6 Å². The van der Waals surface area contributed by atoms with Crippen molar-refractivity contribution in [1.82, 2.24) is 19.9 Å². The molecule has 0 spiro atoms. The van der Waals surface area contributed by atoms with Crippen LogP contribution in [0.15, 0.2) is 46.7 Å². The lowest BCUT2D eigenvalue weighted by Crippen LogP contribution is -2.43. The maximum Gasteiger partial charge on any atom is 0.434 e. The minimum absolute atomic E-state index is 0.0158. The van der Waals surface area contributed by atoms with E-state index in [1.165, 1.54) is 18.3 Å². The van der Waals surface area contributed by atoms with Crippen molar-refractivity contribution in [3.05, 3.63) is 64.7 Å². The van der Waals surface area contributed by atoms with E-state index in [0.29, 0.717) is 59.7 Å². The zero-order chi connectivity index (χ0) is 37.2. The lowest BCUT2D eigenvalue weighted by atomic mass is 9.86. The summed E-state index contributed by atoms with van der Waals surface area (Å²) in [4.78, 5) is 34.3. The van der Waals surface area contributed by atoms with Gasteiger partial charge in [0.2, 0.25) is 0 Å². The number of alkyl halides is 3. The van der Waals surface area contributed by atoms with E-state index in [1.54, 1.807) is 19.1 Å². The van der Waals surface area contributed by atoms with Gasteiger partial charge in [0.05, 0.1) is 24.8 Å². The van der Waals surface area contributed by atoms with Crippen LogP contribution in [0.3, 0.4) is 0 Å². The molecule has 2 N–H and O–H groups in total. The predicted molar refractivity (Wildman–Crippen MR) is 197 cm³/mol. The Morgan fingerprint density at radius 2 is 1.78 bits per heavy atom. The van der Waals surface area contributed by atoms with Gasteiger partial charge in [-0.15, -0.1) is 11.3 Å². The highest BCUT2D eigenvalue weighted by Crippen LogP contribution is 2.43. The first-order chi connectivity index (χ1) is 23.2. The summed E-state index contributed by atoms with van der Waals surface area (Å²) in [5, 5.41) is 6.61. The number of nitrogens with one attached hydrogen (secondary N) is 2. The number of hydrogen-bond acceptors (Lipinski definition) is 7. The monoisotopic (exact) mass is 730 g/mol. The molecule has 0 unspecified atom stereocenters. The molecule has 0 bridgehead atoms. The van der Waals surface area contributed by atoms with Crippen molar-refractivity contribution >= 4 is 42.4 Å². The molecule has 3 heterocycles. The zero-order valence-electron chi connectivity index (χ0n) is 30.2. The molecule has 4 rings (SSSR count). The normalized spacial score (nSPS) is 13.4. The first-order valence-electron chi connectivity index (χ1n) is 16.5. The van der Waals surface area contributed by atoms with Crippen LogP contribution in [0.2, 0.25) is 18.1 Å². The molecule has 2 amide bonds. The van der Waals surface area contributed by atoms with E-state index in [4.69, 9.17) is 9.16 Å². The maximum absolute atomic E-state index is 13.8. The second kappa shape index (κ2) is 14.8. The van der Waals surface area contributed by atoms with Gasteiger partial charge in [0.25, 0.3) is 0 Å². The third-order valence-electron chi connectivity index (χ3n) is 8.95. The Bertz CT molecular complexity index is 1890. The van der Waals surface area contributed by atoms with Crippen LogP contribution in [0, 0.1) is 12.3 Å². The van der Waals surface area contributed by atoms with Crippen LogP contribution < -0.4 is 20.8 Å². The molecule has 1 radical (unpaired) electrons. The second-order valence-electron chi connectivity index (χ2n) is 14.7. The molecule has 3 aromatic heterocycles. The number of nitrogens with zero attached hydrogens (tertiary/aromatic N) is 3. The van der Waals surface area contributed by atoms with Gasteiger partial charge in [-0.25, -0.2) is 14.8 Å². The number of carbonyl (C=O) groups is 1.